The second-order valence-electron chi connectivity index (χ2n) is 8.04. The van der Waals surface area contributed by atoms with E-state index in [0.717, 1.165) is 25.7 Å². The monoisotopic (exact) mass is 313 g/mol. The summed E-state index contributed by atoms with van der Waals surface area (Å²) in [5.74, 6) is 1.89. The zero-order valence-corrected chi connectivity index (χ0v) is 14.1. The average molecular weight is 313 g/mol. The molecule has 124 valence electrons. The van der Waals surface area contributed by atoms with Gasteiger partial charge in [0.05, 0.1) is 11.8 Å². The van der Waals surface area contributed by atoms with Crippen LogP contribution in [0, 0.1) is 17.3 Å². The lowest BCUT2D eigenvalue weighted by atomic mass is 9.55. The van der Waals surface area contributed by atoms with Crippen LogP contribution in [0.2, 0.25) is 0 Å². The molecule has 2 fully saturated rings. The molecule has 3 heteroatoms. The fraction of sp³-hybridized carbons (Fsp3) is 0.650. The lowest BCUT2D eigenvalue weighted by molar-refractivity contribution is -0.0225. The zero-order chi connectivity index (χ0) is 16.2. The number of nitrogens with one attached hydrogen (secondary N) is 1. The van der Waals surface area contributed by atoms with Gasteiger partial charge in [-0.1, -0.05) is 13.0 Å². The minimum atomic E-state index is -0.120. The maximum atomic E-state index is 12.3. The van der Waals surface area contributed by atoms with Gasteiger partial charge in [0.15, 0.2) is 0 Å². The minimum absolute atomic E-state index is 0.101. The van der Waals surface area contributed by atoms with E-state index in [1.54, 1.807) is 0 Å². The van der Waals surface area contributed by atoms with Gasteiger partial charge in [0.1, 0.15) is 0 Å². The summed E-state index contributed by atoms with van der Waals surface area (Å²) in [6.45, 7) is 2.31. The van der Waals surface area contributed by atoms with Crippen LogP contribution in [0.1, 0.15) is 56.1 Å². The van der Waals surface area contributed by atoms with Crippen molar-refractivity contribution in [1.29, 1.82) is 0 Å². The molecule has 4 rings (SSSR count). The third-order valence-electron chi connectivity index (χ3n) is 7.17. The molecule has 5 atom stereocenters. The molecule has 23 heavy (non-hydrogen) atoms. The second kappa shape index (κ2) is 5.34. The Morgan fingerprint density at radius 2 is 2.04 bits per heavy atom. The first-order valence-corrected chi connectivity index (χ1v) is 9.07. The van der Waals surface area contributed by atoms with E-state index in [9.17, 15) is 9.90 Å². The van der Waals surface area contributed by atoms with Crippen LogP contribution in [0.15, 0.2) is 23.0 Å². The van der Waals surface area contributed by atoms with Gasteiger partial charge in [0.2, 0.25) is 5.43 Å². The van der Waals surface area contributed by atoms with Gasteiger partial charge >= 0.3 is 0 Å². The topological polar surface area (TPSA) is 49.3 Å². The van der Waals surface area contributed by atoms with Gasteiger partial charge in [-0.2, -0.15) is 0 Å². The number of aliphatic hydroxyl groups excluding tert-OH is 1. The number of aliphatic hydroxyl groups is 1. The van der Waals surface area contributed by atoms with Crippen molar-refractivity contribution >= 4 is 5.69 Å². The molecule has 0 unspecified atom stereocenters. The highest BCUT2D eigenvalue weighted by molar-refractivity contribution is 5.46. The Kier molecular flexibility index (Phi) is 3.53. The van der Waals surface area contributed by atoms with Gasteiger partial charge in [0.25, 0.3) is 0 Å². The Morgan fingerprint density at radius 3 is 2.83 bits per heavy atom. The summed E-state index contributed by atoms with van der Waals surface area (Å²) in [6, 6.07) is 6.00. The van der Waals surface area contributed by atoms with Crippen LogP contribution in [0.25, 0.3) is 0 Å². The quantitative estimate of drug-likeness (QED) is 0.836. The molecule has 0 bridgehead atoms. The van der Waals surface area contributed by atoms with Gasteiger partial charge < -0.3 is 10.4 Å². The highest BCUT2D eigenvalue weighted by atomic mass is 16.3. The summed E-state index contributed by atoms with van der Waals surface area (Å²) in [4.78, 5) is 12.3. The van der Waals surface area contributed by atoms with E-state index in [-0.39, 0.29) is 16.9 Å². The molecular weight excluding hydrogens is 286 g/mol. The number of anilines is 1. The lowest BCUT2D eigenvalue weighted by Crippen LogP contribution is -2.43. The fourth-order valence-electron chi connectivity index (χ4n) is 5.84. The summed E-state index contributed by atoms with van der Waals surface area (Å²) in [5, 5.41) is 13.5. The van der Waals surface area contributed by atoms with Crippen molar-refractivity contribution in [2.45, 2.75) is 57.5 Å². The molecule has 0 heterocycles. The van der Waals surface area contributed by atoms with Crippen LogP contribution >= 0.6 is 0 Å². The van der Waals surface area contributed by atoms with Crippen LogP contribution in [0.4, 0.5) is 5.69 Å². The van der Waals surface area contributed by atoms with Crippen molar-refractivity contribution in [3.63, 3.8) is 0 Å². The van der Waals surface area contributed by atoms with E-state index in [1.165, 1.54) is 24.0 Å². The fourth-order valence-corrected chi connectivity index (χ4v) is 5.84. The number of aryl methyl sites for hydroxylation is 1. The van der Waals surface area contributed by atoms with E-state index < -0.39 is 0 Å². The molecule has 0 radical (unpaired) electrons. The lowest BCUT2D eigenvalue weighted by Gasteiger charge is -2.49. The molecule has 3 aliphatic rings. The van der Waals surface area contributed by atoms with E-state index in [0.29, 0.717) is 23.4 Å². The Balaban J connectivity index is 1.75. The van der Waals surface area contributed by atoms with Crippen molar-refractivity contribution < 1.29 is 5.11 Å². The molecule has 2 saturated carbocycles. The van der Waals surface area contributed by atoms with Crippen molar-refractivity contribution in [2.24, 2.45) is 17.3 Å². The molecular formula is C20H27NO2. The first-order valence-electron chi connectivity index (χ1n) is 9.07. The van der Waals surface area contributed by atoms with Crippen molar-refractivity contribution in [3.05, 3.63) is 39.5 Å². The van der Waals surface area contributed by atoms with E-state index >= 15 is 0 Å². The molecule has 1 aromatic carbocycles. The highest BCUT2D eigenvalue weighted by Gasteiger charge is 2.54. The predicted molar refractivity (Wildman–Crippen MR) is 92.9 cm³/mol. The minimum Gasteiger partial charge on any atom is -0.393 e. The van der Waals surface area contributed by atoms with Crippen LogP contribution in [-0.2, 0) is 6.42 Å². The van der Waals surface area contributed by atoms with Crippen LogP contribution in [0.5, 0.6) is 0 Å². The van der Waals surface area contributed by atoms with E-state index in [2.05, 4.69) is 18.3 Å². The molecule has 3 aliphatic carbocycles. The standard InChI is InChI=1S/C20H27NO2/c1-20-10-9-14-13-5-7-17(21-2)18(22)11-12(13)3-4-15(14)16(20)6-8-19(20)23/h5,7,11,14-16,19,23H,3-4,6,8-10H2,1-2H3,(H,21,22)/t14-,15-,16+,19+,20+/m1/s1. The van der Waals surface area contributed by atoms with E-state index in [1.807, 2.05) is 19.2 Å². The summed E-state index contributed by atoms with van der Waals surface area (Å²) < 4.78 is 0. The maximum absolute atomic E-state index is 12.3. The highest BCUT2D eigenvalue weighted by Crippen LogP contribution is 2.60. The summed E-state index contributed by atoms with van der Waals surface area (Å²) in [7, 11) is 1.81. The second-order valence-corrected chi connectivity index (χ2v) is 8.04. The number of fused-ring (bicyclic) bond motifs is 5. The summed E-state index contributed by atoms with van der Waals surface area (Å²) in [6.07, 6.45) is 6.45. The van der Waals surface area contributed by atoms with Gasteiger partial charge in [-0.15, -0.1) is 0 Å². The van der Waals surface area contributed by atoms with Gasteiger partial charge in [-0.05, 0) is 85.0 Å². The molecule has 0 spiro atoms. The first kappa shape index (κ1) is 15.2. The van der Waals surface area contributed by atoms with Crippen molar-refractivity contribution in [3.8, 4) is 0 Å². The normalized spacial score (nSPS) is 38.4. The molecule has 1 aromatic rings. The molecule has 3 nitrogen and oxygen atoms in total. The predicted octanol–water partition coefficient (Wildman–Crippen LogP) is 3.31. The Labute approximate surface area is 138 Å². The van der Waals surface area contributed by atoms with Crippen molar-refractivity contribution in [1.82, 2.24) is 0 Å². The summed E-state index contributed by atoms with van der Waals surface area (Å²) >= 11 is 0. The largest absolute Gasteiger partial charge is 0.393 e. The molecule has 0 saturated heterocycles. The third kappa shape index (κ3) is 2.16. The third-order valence-corrected chi connectivity index (χ3v) is 7.17. The number of hydrogen-bond acceptors (Lipinski definition) is 3. The molecule has 0 aromatic heterocycles. The Morgan fingerprint density at radius 1 is 1.22 bits per heavy atom. The number of hydrogen-bond donors (Lipinski definition) is 2. The van der Waals surface area contributed by atoms with Crippen LogP contribution < -0.4 is 10.7 Å². The molecule has 2 N–H and O–H groups in total. The maximum Gasteiger partial charge on any atom is 0.201 e. The first-order chi connectivity index (χ1) is 11.0. The SMILES string of the molecule is CNc1ccc2c(cc1=O)CC[C@@H]1[C@@H]2CC[C@]2(C)[C@@H](O)CC[C@@H]12. The summed E-state index contributed by atoms with van der Waals surface area (Å²) in [5.41, 5.74) is 3.55. The van der Waals surface area contributed by atoms with E-state index in [4.69, 9.17) is 0 Å². The van der Waals surface area contributed by atoms with Gasteiger partial charge in [-0.3, -0.25) is 4.79 Å². The van der Waals surface area contributed by atoms with Crippen LogP contribution in [0.3, 0.4) is 0 Å². The average Bonchev–Trinajstić information content (AvgIpc) is 2.74. The van der Waals surface area contributed by atoms with Gasteiger partial charge in [-0.25, -0.2) is 0 Å². The van der Waals surface area contributed by atoms with Crippen LogP contribution in [-0.4, -0.2) is 18.3 Å². The Bertz CT molecular complexity index is 686. The molecule has 0 aliphatic heterocycles. The number of rotatable bonds is 1. The molecule has 0 amide bonds. The van der Waals surface area contributed by atoms with Crippen molar-refractivity contribution in [2.75, 3.05) is 12.4 Å². The Hall–Kier alpha value is -1.35. The zero-order valence-electron chi connectivity index (χ0n) is 14.1. The van der Waals surface area contributed by atoms with Gasteiger partial charge in [0, 0.05) is 7.05 Å². The smallest absolute Gasteiger partial charge is 0.201 e.